The van der Waals surface area contributed by atoms with E-state index in [2.05, 4.69) is 55.0 Å². The van der Waals surface area contributed by atoms with Crippen LogP contribution < -0.4 is 5.32 Å². The van der Waals surface area contributed by atoms with Crippen LogP contribution in [0.2, 0.25) is 0 Å². The summed E-state index contributed by atoms with van der Waals surface area (Å²) in [5.74, 6) is 1.20. The number of hydrogen-bond donors (Lipinski definition) is 1. The first-order valence-electron chi connectivity index (χ1n) is 8.28. The van der Waals surface area contributed by atoms with Crippen LogP contribution in [0.1, 0.15) is 45.4 Å². The summed E-state index contributed by atoms with van der Waals surface area (Å²) < 4.78 is 2.26. The van der Waals surface area contributed by atoms with E-state index < -0.39 is 0 Å². The van der Waals surface area contributed by atoms with Gasteiger partial charge in [0, 0.05) is 19.5 Å². The summed E-state index contributed by atoms with van der Waals surface area (Å²) in [6.45, 7) is 5.69. The topological polar surface area (TPSA) is 29.9 Å². The first-order chi connectivity index (χ1) is 10.1. The minimum Gasteiger partial charge on any atom is -0.331 e. The average Bonchev–Trinajstić information content (AvgIpc) is 3.05. The van der Waals surface area contributed by atoms with Crippen molar-refractivity contribution in [3.05, 3.63) is 30.1 Å². The molecule has 1 aliphatic rings. The molecule has 0 aliphatic heterocycles. The van der Waals surface area contributed by atoms with Gasteiger partial charge >= 0.3 is 0 Å². The molecule has 1 aliphatic carbocycles. The molecular weight excluding hydrogens is 258 g/mol. The van der Waals surface area contributed by atoms with Crippen molar-refractivity contribution in [1.29, 1.82) is 0 Å². The fourth-order valence-electron chi connectivity index (χ4n) is 3.90. The number of nitrogens with zero attached hydrogens (tertiary/aromatic N) is 2. The molecule has 1 fully saturated rings. The van der Waals surface area contributed by atoms with Gasteiger partial charge in [0.2, 0.25) is 0 Å². The zero-order chi connectivity index (χ0) is 14.9. The summed E-state index contributed by atoms with van der Waals surface area (Å²) in [6, 6.07) is 8.96. The number of nitrogens with one attached hydrogen (secondary N) is 1. The molecule has 1 atom stereocenters. The molecule has 1 saturated carbocycles. The van der Waals surface area contributed by atoms with Gasteiger partial charge in [0.15, 0.2) is 0 Å². The fraction of sp³-hybridized carbons (Fsp3) is 0.611. The first-order valence-corrected chi connectivity index (χ1v) is 8.28. The Labute approximate surface area is 127 Å². The van der Waals surface area contributed by atoms with Crippen LogP contribution in [0, 0.1) is 5.41 Å². The molecule has 0 spiro atoms. The number of aryl methyl sites for hydroxylation is 1. The summed E-state index contributed by atoms with van der Waals surface area (Å²) in [4.78, 5) is 4.86. The minimum atomic E-state index is 0.425. The number of aromatic nitrogens is 2. The van der Waals surface area contributed by atoms with E-state index in [9.17, 15) is 0 Å². The monoisotopic (exact) mass is 285 g/mol. The lowest BCUT2D eigenvalue weighted by Crippen LogP contribution is -2.44. The van der Waals surface area contributed by atoms with E-state index in [1.54, 1.807) is 0 Å². The third kappa shape index (κ3) is 2.71. The van der Waals surface area contributed by atoms with Crippen molar-refractivity contribution < 1.29 is 0 Å². The lowest BCUT2D eigenvalue weighted by Gasteiger charge is -2.34. The number of para-hydroxylation sites is 2. The average molecular weight is 285 g/mol. The van der Waals surface area contributed by atoms with Crippen LogP contribution in [0.25, 0.3) is 11.0 Å². The van der Waals surface area contributed by atoms with Crippen molar-refractivity contribution in [2.75, 3.05) is 6.54 Å². The van der Waals surface area contributed by atoms with E-state index in [-0.39, 0.29) is 0 Å². The lowest BCUT2D eigenvalue weighted by molar-refractivity contribution is 0.219. The maximum atomic E-state index is 4.86. The molecule has 114 valence electrons. The third-order valence-corrected chi connectivity index (χ3v) is 5.30. The Balaban J connectivity index is 1.89. The van der Waals surface area contributed by atoms with Crippen LogP contribution in [0.4, 0.5) is 0 Å². The molecule has 21 heavy (non-hydrogen) atoms. The molecule has 1 aromatic heterocycles. The maximum Gasteiger partial charge on any atom is 0.111 e. The number of benzene rings is 1. The van der Waals surface area contributed by atoms with Crippen molar-refractivity contribution >= 4 is 11.0 Å². The molecule has 1 aromatic carbocycles. The Kier molecular flexibility index (Phi) is 4.03. The Morgan fingerprint density at radius 3 is 2.67 bits per heavy atom. The van der Waals surface area contributed by atoms with E-state index in [4.69, 9.17) is 4.98 Å². The Hall–Kier alpha value is -1.35. The van der Waals surface area contributed by atoms with E-state index in [0.29, 0.717) is 11.5 Å². The predicted molar refractivity (Wildman–Crippen MR) is 88.5 cm³/mol. The smallest absolute Gasteiger partial charge is 0.111 e. The molecule has 3 nitrogen and oxygen atoms in total. The first kappa shape index (κ1) is 14.6. The Morgan fingerprint density at radius 1 is 1.29 bits per heavy atom. The fourth-order valence-corrected chi connectivity index (χ4v) is 3.90. The van der Waals surface area contributed by atoms with Gasteiger partial charge in [-0.3, -0.25) is 0 Å². The third-order valence-electron chi connectivity index (χ3n) is 5.30. The number of hydrogen-bond acceptors (Lipinski definition) is 2. The largest absolute Gasteiger partial charge is 0.331 e. The van der Waals surface area contributed by atoms with Gasteiger partial charge in [0.1, 0.15) is 5.82 Å². The zero-order valence-electron chi connectivity index (χ0n) is 13.5. The van der Waals surface area contributed by atoms with Crippen molar-refractivity contribution in [1.82, 2.24) is 14.9 Å². The number of likely N-dealkylation sites (N-methyl/N-ethyl adjacent to an activating group) is 1. The second kappa shape index (κ2) is 5.80. The van der Waals surface area contributed by atoms with Gasteiger partial charge in [-0.05, 0) is 36.9 Å². The molecule has 2 aromatic rings. The van der Waals surface area contributed by atoms with E-state index >= 15 is 0 Å². The highest BCUT2D eigenvalue weighted by Crippen LogP contribution is 2.41. The van der Waals surface area contributed by atoms with Crippen molar-refractivity contribution in [2.45, 2.75) is 52.0 Å². The number of rotatable bonds is 5. The molecule has 0 bridgehead atoms. The van der Waals surface area contributed by atoms with Crippen molar-refractivity contribution in [3.63, 3.8) is 0 Å². The van der Waals surface area contributed by atoms with E-state index in [1.807, 2.05) is 0 Å². The van der Waals surface area contributed by atoms with E-state index in [1.165, 1.54) is 37.0 Å². The number of fused-ring (bicyclic) bond motifs is 1. The highest BCUT2D eigenvalue weighted by molar-refractivity contribution is 5.75. The summed E-state index contributed by atoms with van der Waals surface area (Å²) in [5, 5.41) is 3.73. The van der Waals surface area contributed by atoms with Crippen molar-refractivity contribution in [3.8, 4) is 0 Å². The van der Waals surface area contributed by atoms with Gasteiger partial charge in [-0.15, -0.1) is 0 Å². The molecule has 3 heteroatoms. The van der Waals surface area contributed by atoms with Gasteiger partial charge in [-0.2, -0.15) is 0 Å². The standard InChI is InChI=1S/C18H27N3/c1-4-19-16(18(2)11-7-8-12-18)13-17-20-14-9-5-6-10-15(14)21(17)3/h5-6,9-10,16,19H,4,7-8,11-13H2,1-3H3. The molecule has 0 saturated heterocycles. The van der Waals surface area contributed by atoms with Crippen molar-refractivity contribution in [2.24, 2.45) is 12.5 Å². The van der Waals surface area contributed by atoms with Gasteiger partial charge in [-0.1, -0.05) is 38.8 Å². The molecular formula is C18H27N3. The summed E-state index contributed by atoms with van der Waals surface area (Å²) in [6.07, 6.45) is 6.46. The maximum absolute atomic E-state index is 4.86. The highest BCUT2D eigenvalue weighted by Gasteiger charge is 2.37. The normalized spacial score (nSPS) is 19.2. The van der Waals surface area contributed by atoms with Crippen LogP contribution in [0.15, 0.2) is 24.3 Å². The van der Waals surface area contributed by atoms with Crippen LogP contribution in [-0.4, -0.2) is 22.1 Å². The summed E-state index contributed by atoms with van der Waals surface area (Å²) >= 11 is 0. The Bertz CT molecular complexity index is 608. The molecule has 1 unspecified atom stereocenters. The van der Waals surface area contributed by atoms with Gasteiger partial charge < -0.3 is 9.88 Å². The molecule has 3 rings (SSSR count). The van der Waals surface area contributed by atoms with Gasteiger partial charge in [-0.25, -0.2) is 4.98 Å². The summed E-state index contributed by atoms with van der Waals surface area (Å²) in [5.41, 5.74) is 2.77. The molecule has 1 N–H and O–H groups in total. The minimum absolute atomic E-state index is 0.425. The van der Waals surface area contributed by atoms with Crippen LogP contribution in [0.3, 0.4) is 0 Å². The SMILES string of the molecule is CCNC(Cc1nc2ccccc2n1C)C1(C)CCCC1. The van der Waals surface area contributed by atoms with Gasteiger partial charge in [0.05, 0.1) is 11.0 Å². The van der Waals surface area contributed by atoms with Crippen LogP contribution in [0.5, 0.6) is 0 Å². The summed E-state index contributed by atoms with van der Waals surface area (Å²) in [7, 11) is 2.14. The quantitative estimate of drug-likeness (QED) is 0.908. The molecule has 0 amide bonds. The highest BCUT2D eigenvalue weighted by atomic mass is 15.1. The van der Waals surface area contributed by atoms with E-state index in [0.717, 1.165) is 18.5 Å². The van der Waals surface area contributed by atoms with Gasteiger partial charge in [0.25, 0.3) is 0 Å². The zero-order valence-corrected chi connectivity index (χ0v) is 13.5. The molecule has 1 heterocycles. The predicted octanol–water partition coefficient (Wildman–Crippen LogP) is 3.67. The van der Waals surface area contributed by atoms with Crippen LogP contribution >= 0.6 is 0 Å². The molecule has 0 radical (unpaired) electrons. The van der Waals surface area contributed by atoms with Crippen LogP contribution in [-0.2, 0) is 13.5 Å². The Morgan fingerprint density at radius 2 is 2.00 bits per heavy atom. The second-order valence-corrected chi connectivity index (χ2v) is 6.75. The lowest BCUT2D eigenvalue weighted by atomic mass is 9.79. The number of imidazole rings is 1. The second-order valence-electron chi connectivity index (χ2n) is 6.75.